The van der Waals surface area contributed by atoms with E-state index in [4.69, 9.17) is 0 Å². The molecule has 0 bridgehead atoms. The minimum atomic E-state index is 0. The SMILES string of the molecule is CNC1Cc2ccccc2Sc2ccccc2C1.Cl. The number of benzene rings is 2. The van der Waals surface area contributed by atoms with E-state index in [-0.39, 0.29) is 12.4 Å². The molecule has 0 atom stereocenters. The summed E-state index contributed by atoms with van der Waals surface area (Å²) in [6.07, 6.45) is 2.21. The van der Waals surface area contributed by atoms with Crippen molar-refractivity contribution in [3.8, 4) is 0 Å². The summed E-state index contributed by atoms with van der Waals surface area (Å²) in [6.45, 7) is 0. The third-order valence-electron chi connectivity index (χ3n) is 3.51. The maximum Gasteiger partial charge on any atom is 0.0155 e. The zero-order chi connectivity index (χ0) is 12.4. The lowest BCUT2D eigenvalue weighted by molar-refractivity contribution is 0.548. The molecule has 0 spiro atoms. The molecule has 19 heavy (non-hydrogen) atoms. The van der Waals surface area contributed by atoms with Crippen LogP contribution in [0.3, 0.4) is 0 Å². The van der Waals surface area contributed by atoms with Gasteiger partial charge in [0.25, 0.3) is 0 Å². The van der Waals surface area contributed by atoms with Crippen LogP contribution in [0.2, 0.25) is 0 Å². The van der Waals surface area contributed by atoms with Gasteiger partial charge < -0.3 is 5.32 Å². The molecular weight excluding hydrogens is 274 g/mol. The molecule has 0 unspecified atom stereocenters. The van der Waals surface area contributed by atoms with E-state index in [1.807, 2.05) is 11.8 Å². The Balaban J connectivity index is 0.00000133. The van der Waals surface area contributed by atoms with Crippen LogP contribution in [0.4, 0.5) is 0 Å². The minimum absolute atomic E-state index is 0. The quantitative estimate of drug-likeness (QED) is 0.854. The highest BCUT2D eigenvalue weighted by atomic mass is 35.5. The fraction of sp³-hybridized carbons (Fsp3) is 0.250. The van der Waals surface area contributed by atoms with E-state index in [9.17, 15) is 0 Å². The molecule has 1 heterocycles. The summed E-state index contributed by atoms with van der Waals surface area (Å²) in [5, 5.41) is 3.44. The van der Waals surface area contributed by atoms with Crippen LogP contribution in [0, 0.1) is 0 Å². The minimum Gasteiger partial charge on any atom is -0.316 e. The molecule has 100 valence electrons. The lowest BCUT2D eigenvalue weighted by Crippen LogP contribution is -2.30. The molecule has 2 aromatic rings. The average molecular weight is 292 g/mol. The molecule has 0 amide bonds. The van der Waals surface area contributed by atoms with Crippen LogP contribution in [-0.2, 0) is 12.8 Å². The van der Waals surface area contributed by atoms with Gasteiger partial charge in [0, 0.05) is 15.8 Å². The number of rotatable bonds is 1. The number of hydrogen-bond donors (Lipinski definition) is 1. The molecule has 0 aromatic heterocycles. The van der Waals surface area contributed by atoms with Gasteiger partial charge in [0.15, 0.2) is 0 Å². The predicted octanol–water partition coefficient (Wildman–Crippen LogP) is 3.95. The molecule has 1 aliphatic rings. The van der Waals surface area contributed by atoms with Crippen LogP contribution in [-0.4, -0.2) is 13.1 Å². The van der Waals surface area contributed by atoms with Gasteiger partial charge in [-0.3, -0.25) is 0 Å². The van der Waals surface area contributed by atoms with Crippen LogP contribution in [0.5, 0.6) is 0 Å². The molecule has 0 aliphatic carbocycles. The summed E-state index contributed by atoms with van der Waals surface area (Å²) < 4.78 is 0. The van der Waals surface area contributed by atoms with Crippen molar-refractivity contribution in [1.29, 1.82) is 0 Å². The summed E-state index contributed by atoms with van der Waals surface area (Å²) in [5.41, 5.74) is 2.91. The van der Waals surface area contributed by atoms with Crippen LogP contribution in [0.15, 0.2) is 58.3 Å². The second kappa shape index (κ2) is 6.47. The van der Waals surface area contributed by atoms with Crippen molar-refractivity contribution in [2.75, 3.05) is 7.05 Å². The van der Waals surface area contributed by atoms with Crippen LogP contribution in [0.25, 0.3) is 0 Å². The Bertz CT molecular complexity index is 508. The zero-order valence-electron chi connectivity index (χ0n) is 10.9. The van der Waals surface area contributed by atoms with Gasteiger partial charge in [-0.1, -0.05) is 48.2 Å². The van der Waals surface area contributed by atoms with E-state index in [0.29, 0.717) is 6.04 Å². The number of likely N-dealkylation sites (N-methyl/N-ethyl adjacent to an activating group) is 1. The molecule has 1 N–H and O–H groups in total. The van der Waals surface area contributed by atoms with E-state index in [2.05, 4.69) is 60.9 Å². The zero-order valence-corrected chi connectivity index (χ0v) is 12.6. The first-order valence-electron chi connectivity index (χ1n) is 6.38. The van der Waals surface area contributed by atoms with Gasteiger partial charge in [-0.15, -0.1) is 12.4 Å². The second-order valence-corrected chi connectivity index (χ2v) is 5.80. The first-order chi connectivity index (χ1) is 8.86. The number of halogens is 1. The van der Waals surface area contributed by atoms with E-state index in [1.165, 1.54) is 20.9 Å². The summed E-state index contributed by atoms with van der Waals surface area (Å²) in [4.78, 5) is 2.79. The lowest BCUT2D eigenvalue weighted by atomic mass is 9.98. The summed E-state index contributed by atoms with van der Waals surface area (Å²) in [7, 11) is 2.06. The van der Waals surface area contributed by atoms with E-state index in [0.717, 1.165) is 12.8 Å². The largest absolute Gasteiger partial charge is 0.316 e. The van der Waals surface area contributed by atoms with Gasteiger partial charge in [0.05, 0.1) is 0 Å². The highest BCUT2D eigenvalue weighted by molar-refractivity contribution is 7.99. The Hall–Kier alpha value is -0.960. The monoisotopic (exact) mass is 291 g/mol. The van der Waals surface area contributed by atoms with Gasteiger partial charge in [0.1, 0.15) is 0 Å². The van der Waals surface area contributed by atoms with Gasteiger partial charge in [0.2, 0.25) is 0 Å². The molecule has 1 aliphatic heterocycles. The first kappa shape index (κ1) is 14.4. The standard InChI is InChI=1S/C16H17NS.ClH/c1-17-14-10-12-6-2-4-8-15(12)18-16-9-5-3-7-13(16)11-14;/h2-9,14,17H,10-11H2,1H3;1H. The molecule has 0 saturated carbocycles. The first-order valence-corrected chi connectivity index (χ1v) is 7.19. The second-order valence-electron chi connectivity index (χ2n) is 4.71. The average Bonchev–Trinajstić information content (AvgIpc) is 2.39. The van der Waals surface area contributed by atoms with E-state index in [1.54, 1.807) is 0 Å². The molecular formula is C16H18ClNS. The maximum atomic E-state index is 3.44. The van der Waals surface area contributed by atoms with Gasteiger partial charge in [-0.25, -0.2) is 0 Å². The molecule has 2 aromatic carbocycles. The van der Waals surface area contributed by atoms with Crippen molar-refractivity contribution in [3.05, 3.63) is 59.7 Å². The highest BCUT2D eigenvalue weighted by Gasteiger charge is 2.17. The predicted molar refractivity (Wildman–Crippen MR) is 84.5 cm³/mol. The summed E-state index contributed by atoms with van der Waals surface area (Å²) >= 11 is 1.90. The maximum absolute atomic E-state index is 3.44. The van der Waals surface area contributed by atoms with Gasteiger partial charge >= 0.3 is 0 Å². The Morgan fingerprint density at radius 2 is 1.37 bits per heavy atom. The number of hydrogen-bond acceptors (Lipinski definition) is 2. The summed E-state index contributed by atoms with van der Waals surface area (Å²) in [5.74, 6) is 0. The van der Waals surface area contributed by atoms with E-state index < -0.39 is 0 Å². The Kier molecular flexibility index (Phi) is 4.92. The highest BCUT2D eigenvalue weighted by Crippen LogP contribution is 2.35. The van der Waals surface area contributed by atoms with Crippen molar-refractivity contribution in [3.63, 3.8) is 0 Å². The molecule has 0 radical (unpaired) electrons. The fourth-order valence-electron chi connectivity index (χ4n) is 2.47. The lowest BCUT2D eigenvalue weighted by Gasteiger charge is -2.23. The van der Waals surface area contributed by atoms with Crippen molar-refractivity contribution in [1.82, 2.24) is 5.32 Å². The van der Waals surface area contributed by atoms with Crippen molar-refractivity contribution in [2.24, 2.45) is 0 Å². The van der Waals surface area contributed by atoms with Crippen LogP contribution < -0.4 is 5.32 Å². The van der Waals surface area contributed by atoms with Crippen molar-refractivity contribution < 1.29 is 0 Å². The summed E-state index contributed by atoms with van der Waals surface area (Å²) in [6, 6.07) is 18.0. The van der Waals surface area contributed by atoms with Crippen LogP contribution >= 0.6 is 24.2 Å². The fourth-order valence-corrected chi connectivity index (χ4v) is 3.56. The Morgan fingerprint density at radius 1 is 0.895 bits per heavy atom. The van der Waals surface area contributed by atoms with Crippen molar-refractivity contribution >= 4 is 24.2 Å². The number of nitrogens with one attached hydrogen (secondary N) is 1. The molecule has 0 fully saturated rings. The Labute approximate surface area is 125 Å². The molecule has 0 saturated heterocycles. The topological polar surface area (TPSA) is 12.0 Å². The molecule has 3 rings (SSSR count). The third-order valence-corrected chi connectivity index (χ3v) is 4.74. The third kappa shape index (κ3) is 3.14. The number of fused-ring (bicyclic) bond motifs is 2. The van der Waals surface area contributed by atoms with Crippen molar-refractivity contribution in [2.45, 2.75) is 28.7 Å². The molecule has 1 nitrogen and oxygen atoms in total. The van der Waals surface area contributed by atoms with E-state index >= 15 is 0 Å². The normalized spacial score (nSPS) is 14.6. The van der Waals surface area contributed by atoms with Gasteiger partial charge in [-0.2, -0.15) is 0 Å². The molecule has 3 heteroatoms. The van der Waals surface area contributed by atoms with Gasteiger partial charge in [-0.05, 0) is 43.1 Å². The Morgan fingerprint density at radius 3 is 1.84 bits per heavy atom. The van der Waals surface area contributed by atoms with Crippen LogP contribution in [0.1, 0.15) is 11.1 Å². The smallest absolute Gasteiger partial charge is 0.0155 e.